The number of carboxylic acid groups (broad SMARTS) is 1. The molecule has 4 aliphatic rings. The van der Waals surface area contributed by atoms with E-state index in [-0.39, 0.29) is 28.9 Å². The van der Waals surface area contributed by atoms with E-state index in [1.165, 1.54) is 12.1 Å². The summed E-state index contributed by atoms with van der Waals surface area (Å²) in [6.45, 7) is 11.1. The SMILES string of the molecule is CC(C)(C)N(C(=O)O)C1CCC(CN2CCC3(CCN(c4ncncc4Oc4ccc(F)cc4OC4CCCC4)C3)C2)CC1. The van der Waals surface area contributed by atoms with Gasteiger partial charge in [0.15, 0.2) is 23.1 Å². The van der Waals surface area contributed by atoms with Crippen LogP contribution < -0.4 is 14.4 Å². The molecule has 6 rings (SSSR count). The highest BCUT2D eigenvalue weighted by atomic mass is 19.1. The van der Waals surface area contributed by atoms with Crippen LogP contribution in [0, 0.1) is 17.2 Å². The Morgan fingerprint density at radius 2 is 1.80 bits per heavy atom. The number of anilines is 1. The van der Waals surface area contributed by atoms with Gasteiger partial charge in [-0.05, 0) is 110 Å². The Balaban J connectivity index is 1.06. The van der Waals surface area contributed by atoms with Crippen LogP contribution in [0.3, 0.4) is 0 Å². The lowest BCUT2D eigenvalue weighted by Crippen LogP contribution is -2.52. The van der Waals surface area contributed by atoms with Gasteiger partial charge in [-0.25, -0.2) is 19.2 Å². The van der Waals surface area contributed by atoms with Crippen LogP contribution in [0.1, 0.15) is 85.0 Å². The first-order valence-electron chi connectivity index (χ1n) is 16.5. The van der Waals surface area contributed by atoms with Gasteiger partial charge >= 0.3 is 6.09 Å². The molecule has 2 aromatic rings. The zero-order chi connectivity index (χ0) is 30.9. The Labute approximate surface area is 260 Å². The molecule has 9 nitrogen and oxygen atoms in total. The molecule has 0 bridgehead atoms. The number of likely N-dealkylation sites (tertiary alicyclic amines) is 1. The van der Waals surface area contributed by atoms with E-state index >= 15 is 0 Å². The Bertz CT molecular complexity index is 1310. The van der Waals surface area contributed by atoms with Crippen molar-refractivity contribution in [2.45, 2.75) is 103 Å². The fourth-order valence-corrected chi connectivity index (χ4v) is 8.16. The van der Waals surface area contributed by atoms with Gasteiger partial charge in [0, 0.05) is 49.2 Å². The molecule has 3 heterocycles. The van der Waals surface area contributed by atoms with Gasteiger partial charge in [-0.1, -0.05) is 0 Å². The summed E-state index contributed by atoms with van der Waals surface area (Å²) in [5, 5.41) is 9.82. The maximum atomic E-state index is 14.2. The quantitative estimate of drug-likeness (QED) is 0.343. The third-order valence-electron chi connectivity index (χ3n) is 10.3. The first kappa shape index (κ1) is 30.9. The average molecular weight is 610 g/mol. The number of rotatable bonds is 8. The van der Waals surface area contributed by atoms with E-state index < -0.39 is 6.09 Å². The molecule has 1 amide bonds. The monoisotopic (exact) mass is 609 g/mol. The molecular formula is C34H48FN5O4. The molecule has 4 fully saturated rings. The molecule has 2 saturated heterocycles. The van der Waals surface area contributed by atoms with Crippen molar-refractivity contribution in [2.75, 3.05) is 37.6 Å². The molecular weight excluding hydrogens is 561 g/mol. The van der Waals surface area contributed by atoms with Crippen molar-refractivity contribution in [3.63, 3.8) is 0 Å². The second-order valence-electron chi connectivity index (χ2n) is 14.6. The zero-order valence-corrected chi connectivity index (χ0v) is 26.5. The van der Waals surface area contributed by atoms with E-state index in [2.05, 4.69) is 19.8 Å². The predicted molar refractivity (Wildman–Crippen MR) is 167 cm³/mol. The van der Waals surface area contributed by atoms with Gasteiger partial charge in [0.2, 0.25) is 0 Å². The fourth-order valence-electron chi connectivity index (χ4n) is 8.16. The molecule has 2 aliphatic heterocycles. The fraction of sp³-hybridized carbons (Fsp3) is 0.676. The van der Waals surface area contributed by atoms with E-state index in [0.29, 0.717) is 23.2 Å². The van der Waals surface area contributed by atoms with Crippen molar-refractivity contribution in [3.05, 3.63) is 36.5 Å². The lowest BCUT2D eigenvalue weighted by atomic mass is 9.83. The van der Waals surface area contributed by atoms with Gasteiger partial charge in [-0.3, -0.25) is 0 Å². The summed E-state index contributed by atoms with van der Waals surface area (Å²) >= 11 is 0. The Morgan fingerprint density at radius 1 is 1.05 bits per heavy atom. The van der Waals surface area contributed by atoms with Crippen molar-refractivity contribution in [1.82, 2.24) is 19.8 Å². The number of ether oxygens (including phenoxy) is 2. The van der Waals surface area contributed by atoms with Crippen molar-refractivity contribution >= 4 is 11.9 Å². The van der Waals surface area contributed by atoms with Crippen LogP contribution in [0.4, 0.5) is 15.0 Å². The second-order valence-corrected chi connectivity index (χ2v) is 14.6. The molecule has 1 aromatic heterocycles. The summed E-state index contributed by atoms with van der Waals surface area (Å²) in [6.07, 6.45) is 13.1. The van der Waals surface area contributed by atoms with Crippen LogP contribution in [0.5, 0.6) is 17.2 Å². The van der Waals surface area contributed by atoms with Crippen LogP contribution in [-0.2, 0) is 0 Å². The molecule has 2 aliphatic carbocycles. The lowest BCUT2D eigenvalue weighted by molar-refractivity contribution is 0.0473. The highest BCUT2D eigenvalue weighted by Crippen LogP contribution is 2.44. The molecule has 1 spiro atoms. The van der Waals surface area contributed by atoms with Crippen LogP contribution in [0.15, 0.2) is 30.7 Å². The minimum atomic E-state index is -0.805. The van der Waals surface area contributed by atoms with Gasteiger partial charge in [-0.15, -0.1) is 0 Å². The molecule has 1 aromatic carbocycles. The highest BCUT2D eigenvalue weighted by molar-refractivity contribution is 5.66. The number of carbonyl (C=O) groups is 1. The van der Waals surface area contributed by atoms with Crippen molar-refractivity contribution < 1.29 is 23.8 Å². The molecule has 44 heavy (non-hydrogen) atoms. The summed E-state index contributed by atoms with van der Waals surface area (Å²) in [5.74, 6) is 2.52. The number of amides is 1. The van der Waals surface area contributed by atoms with Gasteiger partial charge in [0.05, 0.1) is 12.3 Å². The predicted octanol–water partition coefficient (Wildman–Crippen LogP) is 6.97. The summed E-state index contributed by atoms with van der Waals surface area (Å²) in [4.78, 5) is 27.5. The number of aromatic nitrogens is 2. The van der Waals surface area contributed by atoms with Crippen molar-refractivity contribution in [2.24, 2.45) is 11.3 Å². The summed E-state index contributed by atoms with van der Waals surface area (Å²) < 4.78 is 26.7. The standard InChI is InChI=1S/C34H48FN5O4/c1-33(2,3)40(32(41)42)26-11-8-24(9-12-26)20-38-16-14-34(21-38)15-17-39(22-34)31-30(19-36-23-37-31)44-28-13-10-25(35)18-29(28)43-27-6-4-5-7-27/h10,13,18-19,23-24,26-27H,4-9,11-12,14-17,20-22H2,1-3H3,(H,41,42). The van der Waals surface area contributed by atoms with E-state index in [0.717, 1.165) is 103 Å². The third kappa shape index (κ3) is 6.90. The van der Waals surface area contributed by atoms with Crippen LogP contribution in [-0.4, -0.2) is 81.4 Å². The Hall–Kier alpha value is -3.14. The maximum Gasteiger partial charge on any atom is 0.407 e. The first-order chi connectivity index (χ1) is 21.1. The molecule has 2 saturated carbocycles. The van der Waals surface area contributed by atoms with E-state index in [9.17, 15) is 14.3 Å². The summed E-state index contributed by atoms with van der Waals surface area (Å²) in [5.41, 5.74) is -0.156. The lowest BCUT2D eigenvalue weighted by Gasteiger charge is -2.43. The first-order valence-corrected chi connectivity index (χ1v) is 16.5. The number of nitrogens with zero attached hydrogens (tertiary/aromatic N) is 5. The largest absolute Gasteiger partial charge is 0.486 e. The summed E-state index contributed by atoms with van der Waals surface area (Å²) in [6, 6.07) is 4.56. The van der Waals surface area contributed by atoms with E-state index in [4.69, 9.17) is 9.47 Å². The average Bonchev–Trinajstić information content (AvgIpc) is 3.73. The minimum absolute atomic E-state index is 0.0901. The van der Waals surface area contributed by atoms with Crippen LogP contribution in [0.25, 0.3) is 0 Å². The molecule has 0 radical (unpaired) electrons. The van der Waals surface area contributed by atoms with Gasteiger partial charge in [-0.2, -0.15) is 0 Å². The molecule has 10 heteroatoms. The smallest absolute Gasteiger partial charge is 0.407 e. The Kier molecular flexibility index (Phi) is 8.91. The number of hydrogen-bond acceptors (Lipinski definition) is 7. The van der Waals surface area contributed by atoms with Crippen LogP contribution >= 0.6 is 0 Å². The van der Waals surface area contributed by atoms with E-state index in [1.54, 1.807) is 23.5 Å². The Morgan fingerprint density at radius 3 is 2.52 bits per heavy atom. The van der Waals surface area contributed by atoms with E-state index in [1.807, 2.05) is 20.8 Å². The molecule has 1 unspecified atom stereocenters. The number of halogens is 1. The minimum Gasteiger partial charge on any atom is -0.486 e. The van der Waals surface area contributed by atoms with Gasteiger partial charge in [0.25, 0.3) is 0 Å². The highest BCUT2D eigenvalue weighted by Gasteiger charge is 2.45. The summed E-state index contributed by atoms with van der Waals surface area (Å²) in [7, 11) is 0. The molecule has 1 N–H and O–H groups in total. The third-order valence-corrected chi connectivity index (χ3v) is 10.3. The molecule has 240 valence electrons. The number of benzene rings is 1. The normalized spacial score (nSPS) is 26.4. The second kappa shape index (κ2) is 12.7. The maximum absolute atomic E-state index is 14.2. The van der Waals surface area contributed by atoms with Crippen molar-refractivity contribution in [1.29, 1.82) is 0 Å². The zero-order valence-electron chi connectivity index (χ0n) is 26.5. The van der Waals surface area contributed by atoms with Crippen LogP contribution in [0.2, 0.25) is 0 Å². The van der Waals surface area contributed by atoms with Gasteiger partial charge < -0.3 is 29.3 Å². The van der Waals surface area contributed by atoms with Crippen molar-refractivity contribution in [3.8, 4) is 17.2 Å². The number of hydrogen-bond donors (Lipinski definition) is 1. The topological polar surface area (TPSA) is 91.3 Å². The molecule has 1 atom stereocenters. The van der Waals surface area contributed by atoms with Gasteiger partial charge in [0.1, 0.15) is 12.1 Å².